The summed E-state index contributed by atoms with van der Waals surface area (Å²) in [6, 6.07) is 10.8. The number of benzene rings is 1. The molecule has 0 aliphatic carbocycles. The van der Waals surface area contributed by atoms with Crippen LogP contribution in [0.4, 0.5) is 5.82 Å². The molecule has 4 nitrogen and oxygen atoms in total. The molecule has 0 spiro atoms. The fraction of sp³-hybridized carbons (Fsp3) is 0.550. The van der Waals surface area contributed by atoms with Gasteiger partial charge in [-0.05, 0) is 45.0 Å². The maximum Gasteiger partial charge on any atom is 0.133 e. The monoisotopic (exact) mass is 326 g/mol. The van der Waals surface area contributed by atoms with Gasteiger partial charge in [-0.1, -0.05) is 25.1 Å². The van der Waals surface area contributed by atoms with E-state index >= 15 is 0 Å². The third kappa shape index (κ3) is 4.25. The summed E-state index contributed by atoms with van der Waals surface area (Å²) in [6.07, 6.45) is 3.91. The molecule has 0 saturated carbocycles. The van der Waals surface area contributed by atoms with Gasteiger partial charge < -0.3 is 15.1 Å². The van der Waals surface area contributed by atoms with E-state index in [1.165, 1.54) is 36.0 Å². The Morgan fingerprint density at radius 1 is 1.17 bits per heavy atom. The molecule has 2 aromatic rings. The highest BCUT2D eigenvalue weighted by molar-refractivity contribution is 5.81. The molecule has 1 aliphatic heterocycles. The first-order valence-corrected chi connectivity index (χ1v) is 9.31. The number of nitrogens with one attached hydrogen (secondary N) is 1. The number of para-hydroxylation sites is 1. The van der Waals surface area contributed by atoms with E-state index in [0.717, 1.165) is 44.8 Å². The van der Waals surface area contributed by atoms with E-state index < -0.39 is 0 Å². The van der Waals surface area contributed by atoms with Crippen LogP contribution in [0.15, 0.2) is 30.3 Å². The molecule has 130 valence electrons. The molecule has 1 saturated heterocycles. The van der Waals surface area contributed by atoms with Crippen LogP contribution in [0.3, 0.4) is 0 Å². The highest BCUT2D eigenvalue weighted by atomic mass is 15.2. The van der Waals surface area contributed by atoms with Crippen molar-refractivity contribution in [1.29, 1.82) is 0 Å². The second-order valence-electron chi connectivity index (χ2n) is 6.78. The van der Waals surface area contributed by atoms with Crippen molar-refractivity contribution in [3.05, 3.63) is 35.9 Å². The number of hydrogen-bond donors (Lipinski definition) is 1. The maximum atomic E-state index is 5.00. The van der Waals surface area contributed by atoms with Gasteiger partial charge in [-0.25, -0.2) is 4.98 Å². The quantitative estimate of drug-likeness (QED) is 0.791. The number of fused-ring (bicyclic) bond motifs is 1. The molecule has 4 heteroatoms. The van der Waals surface area contributed by atoms with Crippen LogP contribution in [0, 0.1) is 0 Å². The summed E-state index contributed by atoms with van der Waals surface area (Å²) in [7, 11) is 2.17. The summed E-state index contributed by atoms with van der Waals surface area (Å²) in [5.41, 5.74) is 2.43. The predicted octanol–water partition coefficient (Wildman–Crippen LogP) is 3.27. The summed E-state index contributed by atoms with van der Waals surface area (Å²) in [5.74, 6) is 1.18. The second kappa shape index (κ2) is 8.45. The SMILES string of the molecule is CCN(C)CCNCc1cc2ccccc2nc1N1CCCCC1. The molecule has 0 radical (unpaired) electrons. The fourth-order valence-electron chi connectivity index (χ4n) is 3.31. The van der Waals surface area contributed by atoms with Gasteiger partial charge in [0.05, 0.1) is 5.52 Å². The summed E-state index contributed by atoms with van der Waals surface area (Å²) in [4.78, 5) is 9.81. The standard InChI is InChI=1S/C20H30N4/c1-3-23(2)14-11-21-16-18-15-17-9-5-6-10-19(17)22-20(18)24-12-7-4-8-13-24/h5-6,9-10,15,21H,3-4,7-8,11-14,16H2,1-2H3. The van der Waals surface area contributed by atoms with Gasteiger partial charge in [-0.2, -0.15) is 0 Å². The number of hydrogen-bond acceptors (Lipinski definition) is 4. The third-order valence-corrected chi connectivity index (χ3v) is 4.96. The lowest BCUT2D eigenvalue weighted by atomic mass is 10.1. The smallest absolute Gasteiger partial charge is 0.133 e. The van der Waals surface area contributed by atoms with Crippen molar-refractivity contribution in [2.24, 2.45) is 0 Å². The van der Waals surface area contributed by atoms with Gasteiger partial charge in [0.25, 0.3) is 0 Å². The minimum atomic E-state index is 0.890. The zero-order valence-corrected chi connectivity index (χ0v) is 15.1. The van der Waals surface area contributed by atoms with Gasteiger partial charge in [0.15, 0.2) is 0 Å². The normalized spacial score (nSPS) is 15.4. The molecule has 2 heterocycles. The van der Waals surface area contributed by atoms with E-state index in [-0.39, 0.29) is 0 Å². The van der Waals surface area contributed by atoms with Crippen molar-refractivity contribution in [2.45, 2.75) is 32.7 Å². The van der Waals surface area contributed by atoms with Crippen molar-refractivity contribution < 1.29 is 0 Å². The Morgan fingerprint density at radius 3 is 2.75 bits per heavy atom. The van der Waals surface area contributed by atoms with Crippen LogP contribution in [0.1, 0.15) is 31.7 Å². The zero-order valence-electron chi connectivity index (χ0n) is 15.1. The minimum Gasteiger partial charge on any atom is -0.356 e. The summed E-state index contributed by atoms with van der Waals surface area (Å²) < 4.78 is 0. The largest absolute Gasteiger partial charge is 0.356 e. The number of nitrogens with zero attached hydrogens (tertiary/aromatic N) is 3. The van der Waals surface area contributed by atoms with E-state index in [9.17, 15) is 0 Å². The van der Waals surface area contributed by atoms with E-state index in [2.05, 4.69) is 59.4 Å². The molecule has 1 aliphatic rings. The lowest BCUT2D eigenvalue weighted by Crippen LogP contribution is -2.32. The van der Waals surface area contributed by atoms with Crippen LogP contribution >= 0.6 is 0 Å². The average molecular weight is 326 g/mol. The van der Waals surface area contributed by atoms with Crippen LogP contribution < -0.4 is 10.2 Å². The van der Waals surface area contributed by atoms with Crippen molar-refractivity contribution in [2.75, 3.05) is 44.7 Å². The maximum absolute atomic E-state index is 5.00. The van der Waals surface area contributed by atoms with Gasteiger partial charge in [0.1, 0.15) is 5.82 Å². The molecule has 1 fully saturated rings. The number of anilines is 1. The van der Waals surface area contributed by atoms with Crippen molar-refractivity contribution in [3.63, 3.8) is 0 Å². The highest BCUT2D eigenvalue weighted by Gasteiger charge is 2.16. The number of aromatic nitrogens is 1. The van der Waals surface area contributed by atoms with Gasteiger partial charge in [-0.15, -0.1) is 0 Å². The molecular formula is C20H30N4. The van der Waals surface area contributed by atoms with Crippen LogP contribution in [-0.2, 0) is 6.54 Å². The van der Waals surface area contributed by atoms with Crippen molar-refractivity contribution in [1.82, 2.24) is 15.2 Å². The molecule has 3 rings (SSSR count). The van der Waals surface area contributed by atoms with Crippen LogP contribution in [-0.4, -0.2) is 49.7 Å². The van der Waals surface area contributed by atoms with Gasteiger partial charge in [-0.3, -0.25) is 0 Å². The minimum absolute atomic E-state index is 0.890. The molecule has 1 N–H and O–H groups in total. The van der Waals surface area contributed by atoms with E-state index in [1.54, 1.807) is 0 Å². The zero-order chi connectivity index (χ0) is 16.8. The second-order valence-corrected chi connectivity index (χ2v) is 6.78. The lowest BCUT2D eigenvalue weighted by Gasteiger charge is -2.30. The van der Waals surface area contributed by atoms with Crippen LogP contribution in [0.25, 0.3) is 10.9 Å². The Morgan fingerprint density at radius 2 is 1.96 bits per heavy atom. The number of piperidine rings is 1. The number of likely N-dealkylation sites (N-methyl/N-ethyl adjacent to an activating group) is 1. The Hall–Kier alpha value is -1.65. The van der Waals surface area contributed by atoms with Gasteiger partial charge >= 0.3 is 0 Å². The number of pyridine rings is 1. The molecule has 0 atom stereocenters. The topological polar surface area (TPSA) is 31.4 Å². The van der Waals surface area contributed by atoms with E-state index in [4.69, 9.17) is 4.98 Å². The fourth-order valence-corrected chi connectivity index (χ4v) is 3.31. The molecule has 0 unspecified atom stereocenters. The number of rotatable bonds is 7. The van der Waals surface area contributed by atoms with Crippen molar-refractivity contribution in [3.8, 4) is 0 Å². The summed E-state index contributed by atoms with van der Waals surface area (Å²) in [6.45, 7) is 8.54. The molecule has 0 bridgehead atoms. The van der Waals surface area contributed by atoms with Crippen molar-refractivity contribution >= 4 is 16.7 Å². The molecule has 0 amide bonds. The van der Waals surface area contributed by atoms with E-state index in [1.807, 2.05) is 0 Å². The summed E-state index contributed by atoms with van der Waals surface area (Å²) in [5, 5.41) is 4.84. The first-order chi connectivity index (χ1) is 11.8. The Labute approximate surface area is 145 Å². The van der Waals surface area contributed by atoms with Crippen LogP contribution in [0.5, 0.6) is 0 Å². The van der Waals surface area contributed by atoms with E-state index in [0.29, 0.717) is 0 Å². The molecule has 1 aromatic heterocycles. The Balaban J connectivity index is 1.77. The highest BCUT2D eigenvalue weighted by Crippen LogP contribution is 2.26. The van der Waals surface area contributed by atoms with Gasteiger partial charge in [0.2, 0.25) is 0 Å². The molecule has 24 heavy (non-hydrogen) atoms. The summed E-state index contributed by atoms with van der Waals surface area (Å²) >= 11 is 0. The Bertz CT molecular complexity index is 649. The molecular weight excluding hydrogens is 296 g/mol. The third-order valence-electron chi connectivity index (χ3n) is 4.96. The first-order valence-electron chi connectivity index (χ1n) is 9.31. The Kier molecular flexibility index (Phi) is 6.05. The van der Waals surface area contributed by atoms with Gasteiger partial charge in [0, 0.05) is 43.7 Å². The predicted molar refractivity (Wildman–Crippen MR) is 103 cm³/mol. The van der Waals surface area contributed by atoms with Crippen LogP contribution in [0.2, 0.25) is 0 Å². The first kappa shape index (κ1) is 17.2. The average Bonchev–Trinajstić information content (AvgIpc) is 2.65. The molecule has 1 aromatic carbocycles. The lowest BCUT2D eigenvalue weighted by molar-refractivity contribution is 0.349.